The molecule has 0 aliphatic carbocycles. The maximum absolute atomic E-state index is 13.8. The van der Waals surface area contributed by atoms with Crippen LogP contribution in [0, 0.1) is 0 Å². The molecule has 0 saturated heterocycles. The lowest BCUT2D eigenvalue weighted by molar-refractivity contribution is -0.173. The van der Waals surface area contributed by atoms with E-state index in [1.807, 2.05) is 0 Å². The van der Waals surface area contributed by atoms with Crippen LogP contribution in [0.3, 0.4) is 0 Å². The highest BCUT2D eigenvalue weighted by molar-refractivity contribution is 7.90. The van der Waals surface area contributed by atoms with Gasteiger partial charge in [0.1, 0.15) is 12.4 Å². The number of alkyl halides is 2. The first kappa shape index (κ1) is 17.4. The molecule has 118 valence electrons. The second-order valence-corrected chi connectivity index (χ2v) is 6.56. The van der Waals surface area contributed by atoms with Gasteiger partial charge in [-0.1, -0.05) is 12.1 Å². The van der Waals surface area contributed by atoms with E-state index in [9.17, 15) is 22.0 Å². The molecule has 8 heteroatoms. The summed E-state index contributed by atoms with van der Waals surface area (Å²) in [5.74, 6) is -5.60. The van der Waals surface area contributed by atoms with Crippen LogP contribution in [0.4, 0.5) is 8.78 Å². The molecule has 0 N–H and O–H groups in total. The number of sulfone groups is 1. The summed E-state index contributed by atoms with van der Waals surface area (Å²) in [7, 11) is -3.20. The van der Waals surface area contributed by atoms with Crippen molar-refractivity contribution < 1.29 is 31.5 Å². The van der Waals surface area contributed by atoms with Gasteiger partial charge in [-0.25, -0.2) is 13.2 Å². The maximum Gasteiger partial charge on any atom is 0.381 e. The Morgan fingerprint density at radius 2 is 2.00 bits per heavy atom. The Bertz CT molecular complexity index is 598. The van der Waals surface area contributed by atoms with Gasteiger partial charge in [-0.2, -0.15) is 8.78 Å². The van der Waals surface area contributed by atoms with Gasteiger partial charge in [0.25, 0.3) is 0 Å². The SMILES string of the molecule is CCOC(=O)C(F)(F)c1cccc(OCCS(C)(=O)=O)c1. The Morgan fingerprint density at radius 1 is 1.33 bits per heavy atom. The minimum atomic E-state index is -3.79. The van der Waals surface area contributed by atoms with Gasteiger partial charge in [0.15, 0.2) is 9.84 Å². The van der Waals surface area contributed by atoms with Crippen molar-refractivity contribution in [1.29, 1.82) is 0 Å². The minimum absolute atomic E-state index is 0.0557. The summed E-state index contributed by atoms with van der Waals surface area (Å²) < 4.78 is 58.9. The summed E-state index contributed by atoms with van der Waals surface area (Å²) in [5.41, 5.74) is -0.571. The number of halogens is 2. The van der Waals surface area contributed by atoms with E-state index in [0.29, 0.717) is 0 Å². The van der Waals surface area contributed by atoms with Crippen molar-refractivity contribution in [1.82, 2.24) is 0 Å². The molecule has 1 aromatic carbocycles. The number of benzene rings is 1. The Hall–Kier alpha value is -1.70. The molecule has 0 aliphatic rings. The lowest BCUT2D eigenvalue weighted by Gasteiger charge is -2.15. The number of hydrogen-bond acceptors (Lipinski definition) is 5. The highest BCUT2D eigenvalue weighted by Crippen LogP contribution is 2.31. The van der Waals surface area contributed by atoms with Gasteiger partial charge in [0.2, 0.25) is 0 Å². The fourth-order valence-electron chi connectivity index (χ4n) is 1.43. The average molecular weight is 322 g/mol. The van der Waals surface area contributed by atoms with Gasteiger partial charge in [-0.3, -0.25) is 0 Å². The normalized spacial score (nSPS) is 12.0. The first-order chi connectivity index (χ1) is 9.66. The van der Waals surface area contributed by atoms with Crippen molar-refractivity contribution in [2.45, 2.75) is 12.8 Å². The van der Waals surface area contributed by atoms with Gasteiger partial charge in [0.05, 0.1) is 12.4 Å². The molecule has 0 unspecified atom stereocenters. The summed E-state index contributed by atoms with van der Waals surface area (Å²) in [6.45, 7) is 1.12. The smallest absolute Gasteiger partial charge is 0.381 e. The minimum Gasteiger partial charge on any atom is -0.493 e. The van der Waals surface area contributed by atoms with Crippen LogP contribution in [0.1, 0.15) is 12.5 Å². The van der Waals surface area contributed by atoms with Gasteiger partial charge < -0.3 is 9.47 Å². The molecule has 0 bridgehead atoms. The first-order valence-electron chi connectivity index (χ1n) is 6.13. The van der Waals surface area contributed by atoms with E-state index in [0.717, 1.165) is 18.4 Å². The number of carbonyl (C=O) groups is 1. The Balaban J connectivity index is 2.82. The van der Waals surface area contributed by atoms with Crippen molar-refractivity contribution in [2.75, 3.05) is 25.2 Å². The zero-order valence-corrected chi connectivity index (χ0v) is 12.5. The van der Waals surface area contributed by atoms with Crippen molar-refractivity contribution in [3.63, 3.8) is 0 Å². The van der Waals surface area contributed by atoms with Crippen LogP contribution in [0.5, 0.6) is 5.75 Å². The second kappa shape index (κ2) is 6.84. The second-order valence-electron chi connectivity index (χ2n) is 4.30. The Kier molecular flexibility index (Phi) is 5.65. The largest absolute Gasteiger partial charge is 0.493 e. The number of ether oxygens (including phenoxy) is 2. The highest BCUT2D eigenvalue weighted by atomic mass is 32.2. The molecule has 0 saturated carbocycles. The zero-order chi connectivity index (χ0) is 16.1. The van der Waals surface area contributed by atoms with Gasteiger partial charge in [0, 0.05) is 11.8 Å². The Morgan fingerprint density at radius 3 is 2.57 bits per heavy atom. The zero-order valence-electron chi connectivity index (χ0n) is 11.6. The molecule has 21 heavy (non-hydrogen) atoms. The standard InChI is InChI=1S/C13H16F2O5S/c1-3-19-12(16)13(14,15)10-5-4-6-11(9-10)20-7-8-21(2,17)18/h4-6,9H,3,7-8H2,1-2H3. The predicted molar refractivity (Wildman–Crippen MR) is 72.2 cm³/mol. The number of hydrogen-bond donors (Lipinski definition) is 0. The molecule has 0 amide bonds. The van der Waals surface area contributed by atoms with E-state index < -0.39 is 27.3 Å². The van der Waals surface area contributed by atoms with Gasteiger partial charge >= 0.3 is 11.9 Å². The van der Waals surface area contributed by atoms with Crippen molar-refractivity contribution in [2.24, 2.45) is 0 Å². The van der Waals surface area contributed by atoms with E-state index in [1.54, 1.807) is 0 Å². The van der Waals surface area contributed by atoms with Crippen LogP contribution in [-0.4, -0.2) is 39.6 Å². The Labute approximate surface area is 121 Å². The molecule has 0 aromatic heterocycles. The van der Waals surface area contributed by atoms with E-state index in [2.05, 4.69) is 4.74 Å². The molecule has 0 spiro atoms. The molecule has 5 nitrogen and oxygen atoms in total. The number of esters is 1. The quantitative estimate of drug-likeness (QED) is 0.716. The van der Waals surface area contributed by atoms with Crippen molar-refractivity contribution >= 4 is 15.8 Å². The topological polar surface area (TPSA) is 69.7 Å². The van der Waals surface area contributed by atoms with E-state index in [4.69, 9.17) is 4.74 Å². The fourth-order valence-corrected chi connectivity index (χ4v) is 1.82. The maximum atomic E-state index is 13.8. The lowest BCUT2D eigenvalue weighted by atomic mass is 10.1. The van der Waals surface area contributed by atoms with Crippen molar-refractivity contribution in [3.8, 4) is 5.75 Å². The van der Waals surface area contributed by atoms with Crippen LogP contribution >= 0.6 is 0 Å². The van der Waals surface area contributed by atoms with E-state index in [1.165, 1.54) is 19.1 Å². The van der Waals surface area contributed by atoms with E-state index in [-0.39, 0.29) is 24.7 Å². The van der Waals surface area contributed by atoms with Crippen LogP contribution in [0.15, 0.2) is 24.3 Å². The molecule has 0 heterocycles. The summed E-state index contributed by atoms with van der Waals surface area (Å²) in [6.07, 6.45) is 1.04. The van der Waals surface area contributed by atoms with E-state index >= 15 is 0 Å². The van der Waals surface area contributed by atoms with Gasteiger partial charge in [-0.05, 0) is 19.1 Å². The lowest BCUT2D eigenvalue weighted by Crippen LogP contribution is -2.28. The third-order valence-corrected chi connectivity index (χ3v) is 3.36. The fraction of sp³-hybridized carbons (Fsp3) is 0.462. The highest BCUT2D eigenvalue weighted by Gasteiger charge is 2.42. The molecular weight excluding hydrogens is 306 g/mol. The summed E-state index contributed by atoms with van der Waals surface area (Å²) in [6, 6.07) is 4.74. The van der Waals surface area contributed by atoms with Crippen LogP contribution in [-0.2, 0) is 25.3 Å². The molecule has 1 rings (SSSR count). The predicted octanol–water partition coefficient (Wildman–Crippen LogP) is 1.76. The molecule has 0 fully saturated rings. The summed E-state index contributed by atoms with van der Waals surface area (Å²) in [5, 5.41) is 0. The first-order valence-corrected chi connectivity index (χ1v) is 8.19. The summed E-state index contributed by atoms with van der Waals surface area (Å²) >= 11 is 0. The van der Waals surface area contributed by atoms with Crippen molar-refractivity contribution in [3.05, 3.63) is 29.8 Å². The average Bonchev–Trinajstić information content (AvgIpc) is 2.38. The molecule has 1 aromatic rings. The monoisotopic (exact) mass is 322 g/mol. The molecule has 0 atom stereocenters. The third-order valence-electron chi connectivity index (χ3n) is 2.45. The van der Waals surface area contributed by atoms with Crippen LogP contribution in [0.2, 0.25) is 0 Å². The molecular formula is C13H16F2O5S. The number of carbonyl (C=O) groups excluding carboxylic acids is 1. The molecule has 0 aliphatic heterocycles. The van der Waals surface area contributed by atoms with Crippen LogP contribution < -0.4 is 4.74 Å². The van der Waals surface area contributed by atoms with Gasteiger partial charge in [-0.15, -0.1) is 0 Å². The van der Waals surface area contributed by atoms with Crippen LogP contribution in [0.25, 0.3) is 0 Å². The number of rotatable bonds is 7. The summed E-state index contributed by atoms with van der Waals surface area (Å²) in [4.78, 5) is 11.2. The molecule has 0 radical (unpaired) electrons. The third kappa shape index (κ3) is 5.30.